The van der Waals surface area contributed by atoms with Gasteiger partial charge in [0.1, 0.15) is 12.1 Å². The summed E-state index contributed by atoms with van der Waals surface area (Å²) < 4.78 is 5.97. The second kappa shape index (κ2) is 10.8. The van der Waals surface area contributed by atoms with Gasteiger partial charge in [-0.15, -0.1) is 0 Å². The lowest BCUT2D eigenvalue weighted by Gasteiger charge is -2.19. The topological polar surface area (TPSA) is 96.5 Å². The Hall–Kier alpha value is -2.87. The maximum atomic E-state index is 12.2. The molecule has 0 spiro atoms. The lowest BCUT2D eigenvalue weighted by atomic mass is 10.1. The van der Waals surface area contributed by atoms with E-state index in [0.717, 1.165) is 15.6 Å². The summed E-state index contributed by atoms with van der Waals surface area (Å²) in [5.41, 5.74) is 1.84. The minimum Gasteiger partial charge on any atom is -0.444 e. The number of carbonyl (C=O) groups excluding carboxylic acids is 3. The van der Waals surface area contributed by atoms with Gasteiger partial charge >= 0.3 is 6.09 Å². The van der Waals surface area contributed by atoms with Crippen LogP contribution >= 0.6 is 15.9 Å². The standard InChI is InChI=1S/C22H26BrN3O4/c1-22(2,3)30-21(29)25-14-20(28)24-13-15-8-10-17(11-9-15)26-19(27)12-16-6-4-5-7-18(16)23/h4-11H,12-14H2,1-3H3,(H,24,28)(H,25,29)(H,26,27). The van der Waals surface area contributed by atoms with Crippen molar-refractivity contribution in [3.05, 3.63) is 64.1 Å². The van der Waals surface area contributed by atoms with Crippen LogP contribution in [0.2, 0.25) is 0 Å². The first-order valence-corrected chi connectivity index (χ1v) is 10.3. The van der Waals surface area contributed by atoms with E-state index in [9.17, 15) is 14.4 Å². The molecule has 0 saturated heterocycles. The zero-order valence-corrected chi connectivity index (χ0v) is 18.8. The number of ether oxygens (including phenoxy) is 1. The molecule has 7 nitrogen and oxygen atoms in total. The molecule has 0 radical (unpaired) electrons. The Labute approximate surface area is 184 Å². The summed E-state index contributed by atoms with van der Waals surface area (Å²) in [4.78, 5) is 35.6. The highest BCUT2D eigenvalue weighted by Gasteiger charge is 2.16. The number of alkyl carbamates (subject to hydrolysis) is 1. The Morgan fingerprint density at radius 1 is 0.933 bits per heavy atom. The van der Waals surface area contributed by atoms with Crippen molar-refractivity contribution in [2.24, 2.45) is 0 Å². The Bertz CT molecular complexity index is 892. The lowest BCUT2D eigenvalue weighted by Crippen LogP contribution is -2.39. The largest absolute Gasteiger partial charge is 0.444 e. The summed E-state index contributed by atoms with van der Waals surface area (Å²) in [6, 6.07) is 14.8. The predicted octanol–water partition coefficient (Wildman–Crippen LogP) is 3.77. The van der Waals surface area contributed by atoms with Gasteiger partial charge in [-0.3, -0.25) is 9.59 Å². The van der Waals surface area contributed by atoms with Gasteiger partial charge < -0.3 is 20.7 Å². The van der Waals surface area contributed by atoms with Crippen molar-refractivity contribution in [1.82, 2.24) is 10.6 Å². The number of anilines is 1. The first kappa shape index (κ1) is 23.4. The quantitative estimate of drug-likeness (QED) is 0.567. The van der Waals surface area contributed by atoms with E-state index < -0.39 is 11.7 Å². The van der Waals surface area contributed by atoms with Crippen LogP contribution in [0.25, 0.3) is 0 Å². The van der Waals surface area contributed by atoms with E-state index in [0.29, 0.717) is 12.2 Å². The van der Waals surface area contributed by atoms with Crippen molar-refractivity contribution in [3.63, 3.8) is 0 Å². The Morgan fingerprint density at radius 2 is 1.60 bits per heavy atom. The zero-order chi connectivity index (χ0) is 22.1. The average Bonchev–Trinajstić information content (AvgIpc) is 2.66. The molecule has 0 aliphatic rings. The number of benzene rings is 2. The smallest absolute Gasteiger partial charge is 0.408 e. The summed E-state index contributed by atoms with van der Waals surface area (Å²) in [5, 5.41) is 7.97. The van der Waals surface area contributed by atoms with Gasteiger partial charge in [0.2, 0.25) is 11.8 Å². The maximum absolute atomic E-state index is 12.2. The number of rotatable bonds is 7. The van der Waals surface area contributed by atoms with E-state index in [4.69, 9.17) is 4.74 Å². The zero-order valence-electron chi connectivity index (χ0n) is 17.3. The van der Waals surface area contributed by atoms with Crippen LogP contribution in [-0.4, -0.2) is 30.1 Å². The second-order valence-corrected chi connectivity index (χ2v) is 8.50. The molecule has 2 rings (SSSR count). The van der Waals surface area contributed by atoms with E-state index >= 15 is 0 Å². The average molecular weight is 476 g/mol. The van der Waals surface area contributed by atoms with Crippen LogP contribution in [0.3, 0.4) is 0 Å². The molecular weight excluding hydrogens is 450 g/mol. The number of carbonyl (C=O) groups is 3. The Morgan fingerprint density at radius 3 is 2.23 bits per heavy atom. The number of hydrogen-bond acceptors (Lipinski definition) is 4. The third kappa shape index (κ3) is 8.65. The van der Waals surface area contributed by atoms with E-state index in [1.165, 1.54) is 0 Å². The van der Waals surface area contributed by atoms with Gasteiger partial charge in [-0.25, -0.2) is 4.79 Å². The highest BCUT2D eigenvalue weighted by molar-refractivity contribution is 9.10. The molecule has 8 heteroatoms. The van der Waals surface area contributed by atoms with Gasteiger partial charge in [0.25, 0.3) is 0 Å². The predicted molar refractivity (Wildman–Crippen MR) is 119 cm³/mol. The highest BCUT2D eigenvalue weighted by atomic mass is 79.9. The van der Waals surface area contributed by atoms with Gasteiger partial charge in [0, 0.05) is 16.7 Å². The monoisotopic (exact) mass is 475 g/mol. The molecule has 0 aliphatic heterocycles. The third-order valence-electron chi connectivity index (χ3n) is 3.83. The van der Waals surface area contributed by atoms with Crippen molar-refractivity contribution >= 4 is 39.5 Å². The first-order chi connectivity index (χ1) is 14.1. The molecule has 160 valence electrons. The first-order valence-electron chi connectivity index (χ1n) is 9.48. The van der Waals surface area contributed by atoms with Crippen LogP contribution in [0.5, 0.6) is 0 Å². The summed E-state index contributed by atoms with van der Waals surface area (Å²) in [6.45, 7) is 5.39. The molecule has 30 heavy (non-hydrogen) atoms. The number of nitrogens with one attached hydrogen (secondary N) is 3. The molecule has 0 saturated carbocycles. The molecular formula is C22H26BrN3O4. The van der Waals surface area contributed by atoms with E-state index in [1.54, 1.807) is 32.9 Å². The van der Waals surface area contributed by atoms with Crippen LogP contribution < -0.4 is 16.0 Å². The van der Waals surface area contributed by atoms with Crippen molar-refractivity contribution < 1.29 is 19.1 Å². The van der Waals surface area contributed by atoms with E-state index in [2.05, 4.69) is 31.9 Å². The van der Waals surface area contributed by atoms with Crippen LogP contribution in [0.15, 0.2) is 53.0 Å². The Kier molecular flexibility index (Phi) is 8.41. The normalized spacial score (nSPS) is 10.8. The van der Waals surface area contributed by atoms with Gasteiger partial charge in [0.15, 0.2) is 0 Å². The molecule has 0 aliphatic carbocycles. The van der Waals surface area contributed by atoms with Gasteiger partial charge in [0.05, 0.1) is 6.42 Å². The van der Waals surface area contributed by atoms with Crippen LogP contribution in [-0.2, 0) is 27.3 Å². The van der Waals surface area contributed by atoms with Crippen molar-refractivity contribution in [3.8, 4) is 0 Å². The van der Waals surface area contributed by atoms with Crippen molar-refractivity contribution in [2.75, 3.05) is 11.9 Å². The fourth-order valence-corrected chi connectivity index (χ4v) is 2.88. The molecule has 3 N–H and O–H groups in total. The van der Waals surface area contributed by atoms with Gasteiger partial charge in [-0.1, -0.05) is 46.3 Å². The summed E-state index contributed by atoms with van der Waals surface area (Å²) >= 11 is 3.44. The molecule has 0 bridgehead atoms. The molecule has 3 amide bonds. The minimum atomic E-state index is -0.639. The molecule has 0 unspecified atom stereocenters. The number of amides is 3. The lowest BCUT2D eigenvalue weighted by molar-refractivity contribution is -0.120. The van der Waals surface area contributed by atoms with Gasteiger partial charge in [-0.05, 0) is 50.1 Å². The van der Waals surface area contributed by atoms with E-state index in [1.807, 2.05) is 36.4 Å². The second-order valence-electron chi connectivity index (χ2n) is 7.65. The van der Waals surface area contributed by atoms with Crippen LogP contribution in [0.1, 0.15) is 31.9 Å². The fraction of sp³-hybridized carbons (Fsp3) is 0.318. The molecule has 2 aromatic rings. The summed E-state index contributed by atoms with van der Waals surface area (Å²) in [6.07, 6.45) is -0.371. The SMILES string of the molecule is CC(C)(C)OC(=O)NCC(=O)NCc1ccc(NC(=O)Cc2ccccc2Br)cc1. The fourth-order valence-electron chi connectivity index (χ4n) is 2.46. The summed E-state index contributed by atoms with van der Waals surface area (Å²) in [7, 11) is 0. The molecule has 0 heterocycles. The maximum Gasteiger partial charge on any atom is 0.408 e. The number of hydrogen-bond donors (Lipinski definition) is 3. The van der Waals surface area contributed by atoms with Gasteiger partial charge in [-0.2, -0.15) is 0 Å². The Balaban J connectivity index is 1.75. The van der Waals surface area contributed by atoms with Crippen LogP contribution in [0.4, 0.5) is 10.5 Å². The van der Waals surface area contributed by atoms with E-state index in [-0.39, 0.29) is 24.8 Å². The molecule has 0 fully saturated rings. The highest BCUT2D eigenvalue weighted by Crippen LogP contribution is 2.17. The third-order valence-corrected chi connectivity index (χ3v) is 4.60. The molecule has 0 aromatic heterocycles. The minimum absolute atomic E-state index is 0.115. The van der Waals surface area contributed by atoms with Crippen molar-refractivity contribution in [2.45, 2.75) is 39.3 Å². The van der Waals surface area contributed by atoms with Crippen molar-refractivity contribution in [1.29, 1.82) is 0 Å². The number of halogens is 1. The summed E-state index contributed by atoms with van der Waals surface area (Å²) in [5.74, 6) is -0.442. The molecule has 0 atom stereocenters. The molecule has 2 aromatic carbocycles. The van der Waals surface area contributed by atoms with Crippen LogP contribution in [0, 0.1) is 0 Å².